The Kier molecular flexibility index (Phi) is 10.5. The van der Waals surface area contributed by atoms with E-state index in [1.165, 1.54) is 5.56 Å². The molecule has 1 heterocycles. The first kappa shape index (κ1) is 27.4. The minimum atomic E-state index is 0.161. The lowest BCUT2D eigenvalue weighted by Crippen LogP contribution is -2.36. The number of carbonyl (C=O) groups excluding carboxylic acids is 1. The van der Waals surface area contributed by atoms with Gasteiger partial charge in [-0.25, -0.2) is 0 Å². The van der Waals surface area contributed by atoms with Crippen LogP contribution in [-0.2, 0) is 11.2 Å². The summed E-state index contributed by atoms with van der Waals surface area (Å²) in [5.74, 6) is 3.60. The normalized spacial score (nSPS) is 12.5. The van der Waals surface area contributed by atoms with Crippen molar-refractivity contribution in [3.8, 4) is 23.0 Å². The molecule has 0 fully saturated rings. The molecule has 0 N–H and O–H groups in total. The Bertz CT molecular complexity index is 1020. The maximum atomic E-state index is 12.9. The van der Waals surface area contributed by atoms with Crippen molar-refractivity contribution < 1.29 is 23.7 Å². The van der Waals surface area contributed by atoms with Crippen LogP contribution in [0, 0.1) is 5.92 Å². The van der Waals surface area contributed by atoms with Gasteiger partial charge in [-0.05, 0) is 67.7 Å². The van der Waals surface area contributed by atoms with Crippen LogP contribution in [0.1, 0.15) is 37.8 Å². The summed E-state index contributed by atoms with van der Waals surface area (Å²) in [5.41, 5.74) is 2.21. The number of ether oxygens (including phenoxy) is 4. The number of nitrogens with zero attached hydrogens (tertiary/aromatic N) is 2. The van der Waals surface area contributed by atoms with E-state index in [4.69, 9.17) is 18.9 Å². The number of amides is 1. The zero-order valence-electron chi connectivity index (χ0n) is 22.3. The Morgan fingerprint density at radius 1 is 1.00 bits per heavy atom. The number of benzene rings is 2. The second-order valence-corrected chi connectivity index (χ2v) is 9.55. The third-order valence-electron chi connectivity index (χ3n) is 6.14. The van der Waals surface area contributed by atoms with Gasteiger partial charge in [0.1, 0.15) is 0 Å². The van der Waals surface area contributed by atoms with E-state index in [-0.39, 0.29) is 12.7 Å². The molecule has 0 unspecified atom stereocenters. The van der Waals surface area contributed by atoms with Crippen LogP contribution in [0.4, 0.5) is 0 Å². The second-order valence-electron chi connectivity index (χ2n) is 9.55. The summed E-state index contributed by atoms with van der Waals surface area (Å²) in [4.78, 5) is 17.3. The van der Waals surface area contributed by atoms with E-state index in [1.54, 1.807) is 14.2 Å². The maximum absolute atomic E-state index is 12.9. The topological polar surface area (TPSA) is 60.5 Å². The van der Waals surface area contributed by atoms with Crippen LogP contribution in [0.15, 0.2) is 42.5 Å². The van der Waals surface area contributed by atoms with Gasteiger partial charge in [-0.1, -0.05) is 38.1 Å². The van der Waals surface area contributed by atoms with E-state index in [9.17, 15) is 4.79 Å². The highest BCUT2D eigenvalue weighted by molar-refractivity contribution is 5.78. The van der Waals surface area contributed by atoms with Crippen LogP contribution in [0.2, 0.25) is 0 Å². The van der Waals surface area contributed by atoms with Gasteiger partial charge in [0.05, 0.1) is 14.2 Å². The standard InChI is InChI=1S/C29H40N2O5/c1-22(2)20-31(29(32)9-6-8-23-11-13-26-28(19-23)36-21-35-26)16-7-15-30(3)17-14-24-10-12-25(33-4)27(18-24)34-5/h6,8,10-13,18-19,22H,7,9,14-17,20-21H2,1-5H3/b8-6+. The third kappa shape index (κ3) is 8.19. The van der Waals surface area contributed by atoms with Gasteiger partial charge in [0.25, 0.3) is 0 Å². The summed E-state index contributed by atoms with van der Waals surface area (Å²) in [6.07, 6.45) is 6.15. The van der Waals surface area contributed by atoms with Crippen molar-refractivity contribution >= 4 is 12.0 Å². The van der Waals surface area contributed by atoms with Crippen molar-refractivity contribution in [3.63, 3.8) is 0 Å². The van der Waals surface area contributed by atoms with Gasteiger partial charge in [-0.3, -0.25) is 4.79 Å². The summed E-state index contributed by atoms with van der Waals surface area (Å²) in [7, 11) is 5.43. The number of hydrogen-bond acceptors (Lipinski definition) is 6. The molecule has 1 aliphatic rings. The number of fused-ring (bicyclic) bond motifs is 1. The van der Waals surface area contributed by atoms with Gasteiger partial charge < -0.3 is 28.7 Å². The summed E-state index contributed by atoms with van der Waals surface area (Å²) in [6, 6.07) is 11.9. The fourth-order valence-corrected chi connectivity index (χ4v) is 4.20. The Hall–Kier alpha value is -3.19. The van der Waals surface area contributed by atoms with Crippen molar-refractivity contribution in [2.45, 2.75) is 33.1 Å². The molecule has 0 spiro atoms. The van der Waals surface area contributed by atoms with E-state index in [1.807, 2.05) is 47.4 Å². The van der Waals surface area contributed by atoms with E-state index in [0.717, 1.165) is 67.6 Å². The molecule has 0 bridgehead atoms. The molecule has 0 aromatic heterocycles. The quantitative estimate of drug-likeness (QED) is 0.371. The van der Waals surface area contributed by atoms with E-state index in [0.29, 0.717) is 12.3 Å². The Balaban J connectivity index is 1.44. The highest BCUT2D eigenvalue weighted by Crippen LogP contribution is 2.33. The Morgan fingerprint density at radius 3 is 2.53 bits per heavy atom. The van der Waals surface area contributed by atoms with Gasteiger partial charge in [0, 0.05) is 26.1 Å². The maximum Gasteiger partial charge on any atom is 0.231 e. The van der Waals surface area contributed by atoms with Crippen LogP contribution >= 0.6 is 0 Å². The first-order chi connectivity index (χ1) is 17.4. The lowest BCUT2D eigenvalue weighted by atomic mass is 10.1. The van der Waals surface area contributed by atoms with Crippen LogP contribution in [0.25, 0.3) is 6.08 Å². The number of hydrogen-bond donors (Lipinski definition) is 0. The predicted molar refractivity (Wildman–Crippen MR) is 143 cm³/mol. The molecule has 3 rings (SSSR count). The molecule has 0 atom stereocenters. The van der Waals surface area contributed by atoms with Crippen LogP contribution < -0.4 is 18.9 Å². The largest absolute Gasteiger partial charge is 0.493 e. The lowest BCUT2D eigenvalue weighted by molar-refractivity contribution is -0.130. The van der Waals surface area contributed by atoms with Crippen molar-refractivity contribution in [1.29, 1.82) is 0 Å². The number of carbonyl (C=O) groups is 1. The summed E-state index contributed by atoms with van der Waals surface area (Å²) < 4.78 is 21.5. The van der Waals surface area contributed by atoms with E-state index in [2.05, 4.69) is 31.9 Å². The molecule has 2 aromatic carbocycles. The molecule has 7 nitrogen and oxygen atoms in total. The fourth-order valence-electron chi connectivity index (χ4n) is 4.20. The first-order valence-electron chi connectivity index (χ1n) is 12.6. The Morgan fingerprint density at radius 2 is 1.78 bits per heavy atom. The molecule has 1 aliphatic heterocycles. The van der Waals surface area contributed by atoms with E-state index >= 15 is 0 Å². The molecular weight excluding hydrogens is 456 g/mol. The summed E-state index contributed by atoms with van der Waals surface area (Å²) >= 11 is 0. The van der Waals surface area contributed by atoms with Crippen molar-refractivity contribution in [1.82, 2.24) is 9.80 Å². The molecular formula is C29H40N2O5. The molecule has 1 amide bonds. The first-order valence-corrected chi connectivity index (χ1v) is 12.6. The number of methoxy groups -OCH3 is 2. The van der Waals surface area contributed by atoms with Crippen molar-refractivity contribution in [3.05, 3.63) is 53.6 Å². The van der Waals surface area contributed by atoms with Gasteiger partial charge in [0.2, 0.25) is 12.7 Å². The van der Waals surface area contributed by atoms with Gasteiger partial charge in [0.15, 0.2) is 23.0 Å². The van der Waals surface area contributed by atoms with E-state index < -0.39 is 0 Å². The van der Waals surface area contributed by atoms with Gasteiger partial charge in [-0.15, -0.1) is 0 Å². The molecule has 196 valence electrons. The number of rotatable bonds is 14. The summed E-state index contributed by atoms with van der Waals surface area (Å²) in [6.45, 7) is 7.96. The molecule has 7 heteroatoms. The van der Waals surface area contributed by atoms with Crippen LogP contribution in [0.5, 0.6) is 23.0 Å². The average molecular weight is 497 g/mol. The smallest absolute Gasteiger partial charge is 0.231 e. The van der Waals surface area contributed by atoms with Gasteiger partial charge in [-0.2, -0.15) is 0 Å². The van der Waals surface area contributed by atoms with Crippen molar-refractivity contribution in [2.24, 2.45) is 5.92 Å². The third-order valence-corrected chi connectivity index (χ3v) is 6.14. The van der Waals surface area contributed by atoms with Crippen LogP contribution in [0.3, 0.4) is 0 Å². The summed E-state index contributed by atoms with van der Waals surface area (Å²) in [5, 5.41) is 0. The molecule has 0 aliphatic carbocycles. The molecule has 0 saturated carbocycles. The predicted octanol–water partition coefficient (Wildman–Crippen LogP) is 4.89. The zero-order chi connectivity index (χ0) is 25.9. The zero-order valence-corrected chi connectivity index (χ0v) is 22.3. The Labute approximate surface area is 215 Å². The highest BCUT2D eigenvalue weighted by Gasteiger charge is 2.15. The fraction of sp³-hybridized carbons (Fsp3) is 0.483. The molecule has 0 saturated heterocycles. The molecule has 0 radical (unpaired) electrons. The second kappa shape index (κ2) is 13.8. The minimum absolute atomic E-state index is 0.161. The molecule has 2 aromatic rings. The number of likely N-dealkylation sites (N-methyl/N-ethyl adjacent to an activating group) is 1. The molecule has 36 heavy (non-hydrogen) atoms. The highest BCUT2D eigenvalue weighted by atomic mass is 16.7. The van der Waals surface area contributed by atoms with Gasteiger partial charge >= 0.3 is 0 Å². The van der Waals surface area contributed by atoms with Crippen molar-refractivity contribution in [2.75, 3.05) is 54.2 Å². The van der Waals surface area contributed by atoms with Crippen LogP contribution in [-0.4, -0.2) is 69.9 Å². The average Bonchev–Trinajstić information content (AvgIpc) is 3.34. The minimum Gasteiger partial charge on any atom is -0.493 e. The SMILES string of the molecule is COc1ccc(CCN(C)CCCN(CC(C)C)C(=O)C/C=C/c2ccc3c(c2)OCO3)cc1OC. The monoisotopic (exact) mass is 496 g/mol. The lowest BCUT2D eigenvalue weighted by Gasteiger charge is -2.25.